The molecule has 272 valence electrons. The molecule has 0 aromatic rings. The minimum absolute atomic E-state index is 0.0429. The number of aliphatic hydroxyl groups is 3. The lowest BCUT2D eigenvalue weighted by atomic mass is 9.42. The number of ether oxygens (including phenoxy) is 2. The molecule has 8 rings (SSSR count). The lowest BCUT2D eigenvalue weighted by Crippen LogP contribution is -2.65. The predicted octanol–water partition coefficient (Wildman–Crippen LogP) is 5.45. The van der Waals surface area contributed by atoms with E-state index in [1.54, 1.807) is 0 Å². The average molecular weight is 679 g/mol. The van der Waals surface area contributed by atoms with Crippen LogP contribution in [0.1, 0.15) is 119 Å². The zero-order chi connectivity index (χ0) is 34.9. The van der Waals surface area contributed by atoms with Gasteiger partial charge in [-0.2, -0.15) is 0 Å². The van der Waals surface area contributed by atoms with Crippen LogP contribution in [0.4, 0.5) is 0 Å². The Morgan fingerprint density at radius 2 is 1.86 bits per heavy atom. The molecule has 0 spiro atoms. The molecule has 0 aromatic carbocycles. The molecule has 6 N–H and O–H groups in total. The van der Waals surface area contributed by atoms with Crippen molar-refractivity contribution in [3.63, 3.8) is 0 Å². The van der Waals surface area contributed by atoms with Crippen LogP contribution in [0.25, 0.3) is 0 Å². The zero-order valence-electron chi connectivity index (χ0n) is 30.8. The van der Waals surface area contributed by atoms with Crippen LogP contribution in [-0.2, 0) is 14.3 Å². The maximum Gasteiger partial charge on any atom is 0.162 e. The Bertz CT molecular complexity index is 1500. The zero-order valence-corrected chi connectivity index (χ0v) is 30.8. The Labute approximate surface area is 293 Å². The molecule has 0 amide bonds. The second-order valence-corrected chi connectivity index (χ2v) is 19.2. The van der Waals surface area contributed by atoms with E-state index in [2.05, 4.69) is 46.0 Å². The van der Waals surface area contributed by atoms with Crippen molar-refractivity contribution in [2.45, 2.75) is 154 Å². The number of fused-ring (bicyclic) bond motifs is 2. The number of nitrogens with one attached hydrogen (secondary N) is 1. The number of nitrogens with two attached hydrogens (primary N) is 1. The lowest BCUT2D eigenvalue weighted by Gasteiger charge is -2.63. The van der Waals surface area contributed by atoms with Gasteiger partial charge in [-0.15, -0.1) is 0 Å². The lowest BCUT2D eigenvalue weighted by molar-refractivity contribution is -0.197. The fourth-order valence-electron chi connectivity index (χ4n) is 13.0. The van der Waals surface area contributed by atoms with Gasteiger partial charge < -0.3 is 35.8 Å². The smallest absolute Gasteiger partial charge is 0.162 e. The van der Waals surface area contributed by atoms with Crippen LogP contribution in [0.15, 0.2) is 34.7 Å². The number of hydrogen-bond donors (Lipinski definition) is 5. The van der Waals surface area contributed by atoms with Crippen LogP contribution in [0, 0.1) is 45.8 Å². The highest BCUT2D eigenvalue weighted by molar-refractivity contribution is 6.00. The van der Waals surface area contributed by atoms with Crippen molar-refractivity contribution in [2.75, 3.05) is 13.2 Å². The molecule has 13 unspecified atom stereocenters. The standard InChI is InChI=1S/C41H62N2O6/c1-23-13-18-48-40(22-23,35-34(49-35)39(6,46)36(2,3)14-9-24-12-17-43-31(42)19-24)30-20-25-7-8-27-32-28(11-16-38(30,5)41(25,32)47)37(4)15-10-26(44)21-29(37)33(27)45/h12,19,23,25-26,28-30,34-35,43-44,46-47H,7-11,13-18,20-22,42H2,1-6H3. The highest BCUT2D eigenvalue weighted by Crippen LogP contribution is 2.75. The molecule has 13 atom stereocenters. The molecule has 8 aliphatic rings. The van der Waals surface area contributed by atoms with Gasteiger partial charge in [-0.1, -0.05) is 40.7 Å². The van der Waals surface area contributed by atoms with E-state index in [0.717, 1.165) is 88.3 Å². The first kappa shape index (κ1) is 34.4. The molecule has 8 heteroatoms. The van der Waals surface area contributed by atoms with E-state index in [-0.39, 0.29) is 47.1 Å². The molecule has 8 nitrogen and oxygen atoms in total. The Balaban J connectivity index is 1.13. The van der Waals surface area contributed by atoms with Gasteiger partial charge in [0.05, 0.1) is 23.1 Å². The number of rotatable bonds is 7. The van der Waals surface area contributed by atoms with Gasteiger partial charge in [-0.25, -0.2) is 0 Å². The van der Waals surface area contributed by atoms with Crippen molar-refractivity contribution in [3.05, 3.63) is 34.7 Å². The summed E-state index contributed by atoms with van der Waals surface area (Å²) in [4.78, 5) is 14.3. The van der Waals surface area contributed by atoms with Crippen molar-refractivity contribution >= 4 is 5.78 Å². The number of epoxide rings is 1. The number of allylic oxidation sites excluding steroid dienone is 3. The molecule has 3 saturated carbocycles. The summed E-state index contributed by atoms with van der Waals surface area (Å²) < 4.78 is 13.8. The van der Waals surface area contributed by atoms with Crippen molar-refractivity contribution in [3.8, 4) is 0 Å². The summed E-state index contributed by atoms with van der Waals surface area (Å²) in [6, 6.07) is 0. The van der Waals surface area contributed by atoms with Crippen LogP contribution in [0.5, 0.6) is 0 Å². The Kier molecular flexibility index (Phi) is 7.82. The minimum Gasteiger partial charge on any atom is -0.393 e. The third kappa shape index (κ3) is 4.68. The number of dihydropyridines is 1. The second kappa shape index (κ2) is 11.1. The normalized spacial score (nSPS) is 48.9. The van der Waals surface area contributed by atoms with E-state index in [4.69, 9.17) is 15.2 Å². The summed E-state index contributed by atoms with van der Waals surface area (Å²) in [5, 5.41) is 39.6. The number of Topliss-reactive ketones (excluding diaryl/α,β-unsaturated/α-hetero) is 1. The number of carbonyl (C=O) groups excluding carboxylic acids is 1. The molecule has 0 bridgehead atoms. The first-order chi connectivity index (χ1) is 23.0. The first-order valence-corrected chi connectivity index (χ1v) is 19.6. The molecule has 5 fully saturated rings. The Morgan fingerprint density at radius 1 is 1.08 bits per heavy atom. The Morgan fingerprint density at radius 3 is 2.59 bits per heavy atom. The van der Waals surface area contributed by atoms with Crippen LogP contribution in [0.3, 0.4) is 0 Å². The number of carbonyl (C=O) groups is 1. The van der Waals surface area contributed by atoms with Crippen LogP contribution in [0.2, 0.25) is 0 Å². The van der Waals surface area contributed by atoms with Gasteiger partial charge in [0.1, 0.15) is 17.8 Å². The third-order valence-corrected chi connectivity index (χ3v) is 16.4. The number of aliphatic hydroxyl groups excluding tert-OH is 1. The molecule has 49 heavy (non-hydrogen) atoms. The van der Waals surface area contributed by atoms with Crippen LogP contribution in [-0.4, -0.2) is 69.4 Å². The van der Waals surface area contributed by atoms with Crippen LogP contribution >= 0.6 is 0 Å². The summed E-state index contributed by atoms with van der Waals surface area (Å²) in [6.45, 7) is 14.5. The van der Waals surface area contributed by atoms with E-state index in [1.807, 2.05) is 13.0 Å². The molecule has 0 radical (unpaired) electrons. The van der Waals surface area contributed by atoms with Gasteiger partial charge in [0, 0.05) is 24.5 Å². The van der Waals surface area contributed by atoms with Gasteiger partial charge in [0.25, 0.3) is 0 Å². The largest absolute Gasteiger partial charge is 0.393 e. The summed E-state index contributed by atoms with van der Waals surface area (Å²) in [5.41, 5.74) is 5.29. The van der Waals surface area contributed by atoms with Gasteiger partial charge in [-0.3, -0.25) is 4.79 Å². The van der Waals surface area contributed by atoms with Gasteiger partial charge in [0.2, 0.25) is 0 Å². The van der Waals surface area contributed by atoms with E-state index in [9.17, 15) is 20.1 Å². The number of hydrogen-bond acceptors (Lipinski definition) is 8. The molecule has 3 heterocycles. The average Bonchev–Trinajstić information content (AvgIpc) is 3.83. The monoisotopic (exact) mass is 678 g/mol. The molecule has 2 saturated heterocycles. The maximum absolute atomic E-state index is 14.3. The molecule has 3 aliphatic heterocycles. The van der Waals surface area contributed by atoms with E-state index in [1.165, 1.54) is 5.57 Å². The van der Waals surface area contributed by atoms with E-state index in [0.29, 0.717) is 24.8 Å². The summed E-state index contributed by atoms with van der Waals surface area (Å²) in [5.74, 6) is 1.46. The summed E-state index contributed by atoms with van der Waals surface area (Å²) in [7, 11) is 0. The molecular formula is C41H62N2O6. The fraction of sp³-hybridized carbons (Fsp3) is 0.829. The molecule has 5 aliphatic carbocycles. The minimum atomic E-state index is -1.10. The Hall–Kier alpha value is -1.71. The summed E-state index contributed by atoms with van der Waals surface area (Å²) in [6.07, 6.45) is 12.9. The van der Waals surface area contributed by atoms with Gasteiger partial charge in [0.15, 0.2) is 5.78 Å². The molecular weight excluding hydrogens is 616 g/mol. The van der Waals surface area contributed by atoms with Gasteiger partial charge >= 0.3 is 0 Å². The highest BCUT2D eigenvalue weighted by atomic mass is 16.6. The quantitative estimate of drug-likeness (QED) is 0.224. The fourth-order valence-corrected chi connectivity index (χ4v) is 13.0. The predicted molar refractivity (Wildman–Crippen MR) is 188 cm³/mol. The first-order valence-electron chi connectivity index (χ1n) is 19.6. The SMILES string of the molecule is CC1CCOC(C2OC2C(C)(O)C(C)(C)CCC2=CCNC(N)=C2)(C2CC3CCC4=C5C(CCC2(C)C53O)C2(C)CCC(O)CC2C4=O)C1. The van der Waals surface area contributed by atoms with Crippen molar-refractivity contribution in [1.29, 1.82) is 0 Å². The van der Waals surface area contributed by atoms with Crippen LogP contribution < -0.4 is 11.1 Å². The van der Waals surface area contributed by atoms with Crippen molar-refractivity contribution in [2.24, 2.45) is 51.6 Å². The molecule has 0 aromatic heterocycles. The highest BCUT2D eigenvalue weighted by Gasteiger charge is 2.77. The maximum atomic E-state index is 14.3. The van der Waals surface area contributed by atoms with E-state index < -0.39 is 33.7 Å². The van der Waals surface area contributed by atoms with Crippen molar-refractivity contribution in [1.82, 2.24) is 5.32 Å². The van der Waals surface area contributed by atoms with E-state index >= 15 is 0 Å². The third-order valence-electron chi connectivity index (χ3n) is 16.4. The second-order valence-electron chi connectivity index (χ2n) is 19.2. The number of ketones is 1. The summed E-state index contributed by atoms with van der Waals surface area (Å²) >= 11 is 0. The van der Waals surface area contributed by atoms with Crippen molar-refractivity contribution < 1.29 is 29.6 Å². The van der Waals surface area contributed by atoms with Gasteiger partial charge in [-0.05, 0) is 141 Å². The topological polar surface area (TPSA) is 138 Å².